The maximum atomic E-state index is 13.7. The van der Waals surface area contributed by atoms with Crippen LogP contribution in [0, 0.1) is 12.7 Å². The number of hydrogen-bond acceptors (Lipinski definition) is 3. The molecule has 0 aliphatic carbocycles. The Hall–Kier alpha value is -2.63. The third kappa shape index (κ3) is 2.59. The zero-order chi connectivity index (χ0) is 15.7. The van der Waals surface area contributed by atoms with Gasteiger partial charge in [0.25, 0.3) is 5.91 Å². The number of furan rings is 1. The second kappa shape index (κ2) is 5.63. The van der Waals surface area contributed by atoms with Crippen LogP contribution < -0.4 is 5.32 Å². The number of halogens is 1. The number of fused-ring (bicyclic) bond motifs is 1. The van der Waals surface area contributed by atoms with E-state index >= 15 is 0 Å². The third-order valence-electron chi connectivity index (χ3n) is 3.55. The van der Waals surface area contributed by atoms with Gasteiger partial charge in [0, 0.05) is 20.0 Å². The first kappa shape index (κ1) is 14.3. The number of carbonyl (C=O) groups excluding carboxylic acids is 1. The van der Waals surface area contributed by atoms with Crippen LogP contribution in [0.5, 0.6) is 0 Å². The van der Waals surface area contributed by atoms with E-state index in [0.29, 0.717) is 24.2 Å². The number of benzene rings is 1. The maximum absolute atomic E-state index is 13.7. The average Bonchev–Trinajstić information content (AvgIpc) is 3.06. The molecule has 1 aromatic carbocycles. The molecule has 5 nitrogen and oxygen atoms in total. The fourth-order valence-corrected chi connectivity index (χ4v) is 2.38. The molecule has 0 unspecified atom stereocenters. The Kier molecular flexibility index (Phi) is 3.66. The van der Waals surface area contributed by atoms with E-state index < -0.39 is 0 Å². The minimum absolute atomic E-state index is 0.266. The van der Waals surface area contributed by atoms with E-state index in [1.165, 1.54) is 6.07 Å². The van der Waals surface area contributed by atoms with Crippen molar-refractivity contribution in [2.75, 3.05) is 6.54 Å². The summed E-state index contributed by atoms with van der Waals surface area (Å²) in [4.78, 5) is 16.2. The predicted molar refractivity (Wildman–Crippen MR) is 80.2 cm³/mol. The fourth-order valence-electron chi connectivity index (χ4n) is 2.38. The van der Waals surface area contributed by atoms with Crippen molar-refractivity contribution in [2.45, 2.75) is 13.3 Å². The molecule has 0 aliphatic heterocycles. The minimum atomic E-state index is -0.338. The van der Waals surface area contributed by atoms with Crippen molar-refractivity contribution in [3.63, 3.8) is 0 Å². The monoisotopic (exact) mass is 301 g/mol. The molecule has 2 heterocycles. The first-order valence-corrected chi connectivity index (χ1v) is 7.00. The molecule has 3 aromatic rings. The van der Waals surface area contributed by atoms with Gasteiger partial charge in [0.15, 0.2) is 11.6 Å². The van der Waals surface area contributed by atoms with Crippen LogP contribution in [0.2, 0.25) is 0 Å². The van der Waals surface area contributed by atoms with Gasteiger partial charge in [-0.25, -0.2) is 9.37 Å². The van der Waals surface area contributed by atoms with Crippen LogP contribution in [0.3, 0.4) is 0 Å². The molecule has 0 saturated heterocycles. The lowest BCUT2D eigenvalue weighted by Gasteiger charge is -2.04. The van der Waals surface area contributed by atoms with Crippen molar-refractivity contribution >= 4 is 16.9 Å². The van der Waals surface area contributed by atoms with E-state index in [1.54, 1.807) is 25.1 Å². The fraction of sp³-hybridized carbons (Fsp3) is 0.250. The van der Waals surface area contributed by atoms with E-state index in [1.807, 2.05) is 17.7 Å². The predicted octanol–water partition coefficient (Wildman–Crippen LogP) is 2.59. The molecule has 0 atom stereocenters. The molecule has 0 fully saturated rings. The van der Waals surface area contributed by atoms with Gasteiger partial charge in [0.05, 0.1) is 5.52 Å². The zero-order valence-corrected chi connectivity index (χ0v) is 12.4. The van der Waals surface area contributed by atoms with E-state index in [9.17, 15) is 9.18 Å². The Bertz CT molecular complexity index is 835. The molecular formula is C16H16FN3O2. The summed E-state index contributed by atoms with van der Waals surface area (Å²) in [5.41, 5.74) is 1.09. The number of aromatic nitrogens is 2. The van der Waals surface area contributed by atoms with Gasteiger partial charge in [-0.2, -0.15) is 0 Å². The number of nitrogens with zero attached hydrogens (tertiary/aromatic N) is 2. The number of aryl methyl sites for hydroxylation is 2. The number of carbonyl (C=O) groups is 1. The van der Waals surface area contributed by atoms with E-state index in [0.717, 1.165) is 11.3 Å². The number of rotatable bonds is 4. The highest BCUT2D eigenvalue weighted by Crippen LogP contribution is 2.18. The van der Waals surface area contributed by atoms with E-state index in [2.05, 4.69) is 10.3 Å². The van der Waals surface area contributed by atoms with Gasteiger partial charge in [-0.3, -0.25) is 4.79 Å². The number of hydrogen-bond donors (Lipinski definition) is 1. The summed E-state index contributed by atoms with van der Waals surface area (Å²) in [6.45, 7) is 2.18. The summed E-state index contributed by atoms with van der Waals surface area (Å²) in [6.07, 6.45) is 0.510. The van der Waals surface area contributed by atoms with Crippen molar-refractivity contribution in [1.82, 2.24) is 14.9 Å². The summed E-state index contributed by atoms with van der Waals surface area (Å²) in [7, 11) is 1.84. The van der Waals surface area contributed by atoms with Crippen LogP contribution in [0.25, 0.3) is 11.0 Å². The summed E-state index contributed by atoms with van der Waals surface area (Å²) in [5.74, 6) is 1.09. The number of para-hydroxylation sites is 1. The molecule has 1 N–H and O–H groups in total. The first-order valence-electron chi connectivity index (χ1n) is 7.00. The Morgan fingerprint density at radius 2 is 2.18 bits per heavy atom. The minimum Gasteiger partial charge on any atom is -0.456 e. The molecular weight excluding hydrogens is 285 g/mol. The highest BCUT2D eigenvalue weighted by Gasteiger charge is 2.12. The van der Waals surface area contributed by atoms with E-state index in [4.69, 9.17) is 4.42 Å². The second-order valence-electron chi connectivity index (χ2n) is 5.11. The van der Waals surface area contributed by atoms with Gasteiger partial charge in [0.1, 0.15) is 17.1 Å². The first-order chi connectivity index (χ1) is 10.6. The van der Waals surface area contributed by atoms with Gasteiger partial charge >= 0.3 is 0 Å². The lowest BCUT2D eigenvalue weighted by molar-refractivity contribution is 0.0925. The lowest BCUT2D eigenvalue weighted by atomic mass is 10.3. The van der Waals surface area contributed by atoms with Crippen LogP contribution in [0.4, 0.5) is 4.39 Å². The summed E-state index contributed by atoms with van der Waals surface area (Å²) in [6, 6.07) is 8.24. The molecule has 114 valence electrons. The number of amides is 1. The molecule has 1 amide bonds. The number of imidazole rings is 1. The second-order valence-corrected chi connectivity index (χ2v) is 5.11. The molecule has 0 spiro atoms. The molecule has 0 saturated carbocycles. The van der Waals surface area contributed by atoms with Crippen molar-refractivity contribution in [3.05, 3.63) is 53.5 Å². The highest BCUT2D eigenvalue weighted by atomic mass is 19.1. The van der Waals surface area contributed by atoms with Gasteiger partial charge in [-0.15, -0.1) is 0 Å². The van der Waals surface area contributed by atoms with Crippen LogP contribution in [-0.4, -0.2) is 22.0 Å². The summed E-state index contributed by atoms with van der Waals surface area (Å²) >= 11 is 0. The van der Waals surface area contributed by atoms with Crippen molar-refractivity contribution in [2.24, 2.45) is 7.05 Å². The SMILES string of the molecule is Cc1ccc(C(=O)NCCc2nc3c(F)cccc3n2C)o1. The average molecular weight is 301 g/mol. The van der Waals surface area contributed by atoms with Crippen molar-refractivity contribution in [3.8, 4) is 0 Å². The quantitative estimate of drug-likeness (QED) is 0.805. The Balaban J connectivity index is 1.68. The third-order valence-corrected chi connectivity index (χ3v) is 3.55. The molecule has 22 heavy (non-hydrogen) atoms. The molecule has 0 aliphatic rings. The lowest BCUT2D eigenvalue weighted by Crippen LogP contribution is -2.26. The van der Waals surface area contributed by atoms with E-state index in [-0.39, 0.29) is 17.5 Å². The zero-order valence-electron chi connectivity index (χ0n) is 12.4. The smallest absolute Gasteiger partial charge is 0.287 e. The molecule has 0 radical (unpaired) electrons. The van der Waals surface area contributed by atoms with Gasteiger partial charge < -0.3 is 14.3 Å². The van der Waals surface area contributed by atoms with Crippen LogP contribution in [-0.2, 0) is 13.5 Å². The van der Waals surface area contributed by atoms with Crippen molar-refractivity contribution < 1.29 is 13.6 Å². The van der Waals surface area contributed by atoms with Crippen LogP contribution >= 0.6 is 0 Å². The molecule has 0 bridgehead atoms. The highest BCUT2D eigenvalue weighted by molar-refractivity contribution is 5.91. The molecule has 3 rings (SSSR count). The Labute approximate surface area is 126 Å². The Morgan fingerprint density at radius 3 is 2.86 bits per heavy atom. The topological polar surface area (TPSA) is 60.1 Å². The summed E-state index contributed by atoms with van der Waals surface area (Å²) < 4.78 is 20.8. The maximum Gasteiger partial charge on any atom is 0.287 e. The van der Waals surface area contributed by atoms with Gasteiger partial charge in [0.2, 0.25) is 0 Å². The van der Waals surface area contributed by atoms with Gasteiger partial charge in [-0.05, 0) is 31.2 Å². The molecule has 2 aromatic heterocycles. The standard InChI is InChI=1S/C16H16FN3O2/c1-10-6-7-13(22-10)16(21)18-9-8-14-19-15-11(17)4-3-5-12(15)20(14)2/h3-7H,8-9H2,1-2H3,(H,18,21). The van der Waals surface area contributed by atoms with Crippen molar-refractivity contribution in [1.29, 1.82) is 0 Å². The summed E-state index contributed by atoms with van der Waals surface area (Å²) in [5, 5.41) is 2.77. The normalized spacial score (nSPS) is 11.0. The van der Waals surface area contributed by atoms with Crippen LogP contribution in [0.1, 0.15) is 22.1 Å². The van der Waals surface area contributed by atoms with Crippen LogP contribution in [0.15, 0.2) is 34.7 Å². The molecule has 6 heteroatoms. The largest absolute Gasteiger partial charge is 0.456 e. The Morgan fingerprint density at radius 1 is 1.36 bits per heavy atom. The number of nitrogens with one attached hydrogen (secondary N) is 1. The van der Waals surface area contributed by atoms with Gasteiger partial charge in [-0.1, -0.05) is 6.07 Å².